The normalized spacial score (nSPS) is 14.9. The fraction of sp³-hybridized carbons (Fsp3) is 0.933. The molecule has 0 heterocycles. The Balaban J connectivity index is 0.000000778. The van der Waals surface area contributed by atoms with Crippen LogP contribution in [0.1, 0.15) is 93.9 Å². The lowest BCUT2D eigenvalue weighted by atomic mass is 10.0. The molecule has 40 heavy (non-hydrogen) atoms. The van der Waals surface area contributed by atoms with Crippen LogP contribution in [0.15, 0.2) is 0 Å². The van der Waals surface area contributed by atoms with E-state index in [2.05, 4.69) is 13.8 Å². The second-order valence-corrected chi connectivity index (χ2v) is 11.6. The van der Waals surface area contributed by atoms with Crippen LogP contribution in [-0.2, 0) is 47.5 Å². The maximum Gasteiger partial charge on any atom is 0.338 e. The minimum absolute atomic E-state index is 0.0348. The fourth-order valence-corrected chi connectivity index (χ4v) is 3.60. The zero-order valence-electron chi connectivity index (χ0n) is 26.6. The maximum absolute atomic E-state index is 12.4. The van der Waals surface area contributed by atoms with E-state index in [0.717, 1.165) is 51.7 Å². The van der Waals surface area contributed by atoms with Crippen molar-refractivity contribution in [1.29, 1.82) is 0 Å². The van der Waals surface area contributed by atoms with Gasteiger partial charge in [-0.15, -0.1) is 0 Å². The van der Waals surface area contributed by atoms with E-state index in [1.165, 1.54) is 0 Å². The molecule has 1 aliphatic rings. The van der Waals surface area contributed by atoms with Crippen LogP contribution in [0.2, 0.25) is 0 Å². The molecule has 0 atom stereocenters. The van der Waals surface area contributed by atoms with E-state index in [-0.39, 0.29) is 18.5 Å². The van der Waals surface area contributed by atoms with E-state index < -0.39 is 16.8 Å². The molecule has 1 rings (SSSR count). The van der Waals surface area contributed by atoms with Crippen LogP contribution < -0.4 is 0 Å². The third-order valence-electron chi connectivity index (χ3n) is 5.24. The first-order valence-corrected chi connectivity index (χ1v) is 14.8. The van der Waals surface area contributed by atoms with Crippen molar-refractivity contribution in [2.45, 2.75) is 111 Å². The standard InChI is InChI=1S/C17H32O5.C13H26O5/c1-5-10-19-11-12-20-13-14-21-17(8-6-7-9-17)15(18)22-16(2,3)4;1-5-6-15-7-8-16-9-10-17-11-12(14)18-13(2,3)4/h5-14H2,1-4H3;5-11H2,1-4H3. The minimum Gasteiger partial charge on any atom is -0.458 e. The third-order valence-corrected chi connectivity index (χ3v) is 5.24. The van der Waals surface area contributed by atoms with Gasteiger partial charge in [-0.1, -0.05) is 13.8 Å². The summed E-state index contributed by atoms with van der Waals surface area (Å²) < 4.78 is 42.9. The summed E-state index contributed by atoms with van der Waals surface area (Å²) in [7, 11) is 0. The van der Waals surface area contributed by atoms with Crippen LogP contribution >= 0.6 is 0 Å². The molecule has 0 aromatic carbocycles. The van der Waals surface area contributed by atoms with Crippen molar-refractivity contribution < 1.29 is 47.5 Å². The maximum atomic E-state index is 12.4. The highest BCUT2D eigenvalue weighted by molar-refractivity contribution is 5.80. The first-order chi connectivity index (χ1) is 18.9. The van der Waals surface area contributed by atoms with Gasteiger partial charge in [-0.3, -0.25) is 0 Å². The van der Waals surface area contributed by atoms with Gasteiger partial charge in [0.25, 0.3) is 0 Å². The Kier molecular flexibility index (Phi) is 21.6. The molecule has 0 aliphatic heterocycles. The summed E-state index contributed by atoms with van der Waals surface area (Å²) in [4.78, 5) is 23.7. The zero-order valence-corrected chi connectivity index (χ0v) is 26.6. The zero-order chi connectivity index (χ0) is 30.3. The van der Waals surface area contributed by atoms with E-state index in [1.807, 2.05) is 41.5 Å². The number of carbonyl (C=O) groups is 2. The lowest BCUT2D eigenvalue weighted by molar-refractivity contribution is -0.185. The quantitative estimate of drug-likeness (QED) is 0.146. The van der Waals surface area contributed by atoms with Crippen LogP contribution in [0, 0.1) is 0 Å². The molecule has 0 spiro atoms. The van der Waals surface area contributed by atoms with E-state index in [0.29, 0.717) is 52.9 Å². The number of esters is 2. The predicted octanol–water partition coefficient (Wildman–Crippen LogP) is 4.89. The summed E-state index contributed by atoms with van der Waals surface area (Å²) in [5.74, 6) is -0.586. The fourth-order valence-electron chi connectivity index (χ4n) is 3.60. The van der Waals surface area contributed by atoms with E-state index >= 15 is 0 Å². The van der Waals surface area contributed by atoms with Crippen LogP contribution in [0.4, 0.5) is 0 Å². The summed E-state index contributed by atoms with van der Waals surface area (Å²) in [6, 6.07) is 0. The summed E-state index contributed by atoms with van der Waals surface area (Å²) >= 11 is 0. The molecular formula is C30H58O10. The van der Waals surface area contributed by atoms with E-state index in [4.69, 9.17) is 37.9 Å². The number of hydrogen-bond acceptors (Lipinski definition) is 10. The molecule has 1 aliphatic carbocycles. The van der Waals surface area contributed by atoms with Gasteiger partial charge in [-0.05, 0) is 80.1 Å². The van der Waals surface area contributed by atoms with Gasteiger partial charge in [0.2, 0.25) is 0 Å². The van der Waals surface area contributed by atoms with Gasteiger partial charge in [0.1, 0.15) is 17.8 Å². The van der Waals surface area contributed by atoms with Gasteiger partial charge < -0.3 is 37.9 Å². The predicted molar refractivity (Wildman–Crippen MR) is 154 cm³/mol. The number of carbonyl (C=O) groups excluding carboxylic acids is 2. The first kappa shape index (κ1) is 38.7. The topological polar surface area (TPSA) is 108 Å². The molecule has 0 radical (unpaired) electrons. The average molecular weight is 579 g/mol. The largest absolute Gasteiger partial charge is 0.458 e. The molecule has 0 N–H and O–H groups in total. The van der Waals surface area contributed by atoms with Crippen molar-refractivity contribution in [3.8, 4) is 0 Å². The highest BCUT2D eigenvalue weighted by Gasteiger charge is 2.45. The van der Waals surface area contributed by atoms with E-state index in [1.54, 1.807) is 0 Å². The molecule has 0 amide bonds. The minimum atomic E-state index is -0.769. The van der Waals surface area contributed by atoms with Gasteiger partial charge in [0.15, 0.2) is 5.60 Å². The second kappa shape index (κ2) is 22.3. The molecule has 0 aromatic rings. The summed E-state index contributed by atoms with van der Waals surface area (Å²) in [6.07, 6.45) is 5.51. The molecule has 10 heteroatoms. The highest BCUT2D eigenvalue weighted by Crippen LogP contribution is 2.35. The van der Waals surface area contributed by atoms with Crippen LogP contribution in [0.3, 0.4) is 0 Å². The Morgan fingerprint density at radius 2 is 0.975 bits per heavy atom. The van der Waals surface area contributed by atoms with Crippen LogP contribution in [0.25, 0.3) is 0 Å². The molecular weight excluding hydrogens is 520 g/mol. The molecule has 0 unspecified atom stereocenters. The SMILES string of the molecule is CCCOCCOCCOC1(C(=O)OC(C)(C)C)CCCC1.CCCOCCOCCOCC(=O)OC(C)(C)C. The van der Waals surface area contributed by atoms with Gasteiger partial charge >= 0.3 is 11.9 Å². The Morgan fingerprint density at radius 1 is 0.575 bits per heavy atom. The molecule has 238 valence electrons. The Bertz CT molecular complexity index is 633. The van der Waals surface area contributed by atoms with Crippen molar-refractivity contribution in [1.82, 2.24) is 0 Å². The van der Waals surface area contributed by atoms with E-state index in [9.17, 15) is 9.59 Å². The molecule has 0 saturated heterocycles. The van der Waals surface area contributed by atoms with Gasteiger partial charge in [0.05, 0.1) is 52.9 Å². The average Bonchev–Trinajstić information content (AvgIpc) is 3.33. The second-order valence-electron chi connectivity index (χ2n) is 11.6. The van der Waals surface area contributed by atoms with Crippen molar-refractivity contribution in [3.05, 3.63) is 0 Å². The Morgan fingerprint density at radius 3 is 1.40 bits per heavy atom. The lowest BCUT2D eigenvalue weighted by Gasteiger charge is -2.31. The molecule has 10 nitrogen and oxygen atoms in total. The highest BCUT2D eigenvalue weighted by atomic mass is 16.6. The van der Waals surface area contributed by atoms with Crippen molar-refractivity contribution in [2.75, 3.05) is 72.7 Å². The van der Waals surface area contributed by atoms with Crippen molar-refractivity contribution in [2.24, 2.45) is 0 Å². The third kappa shape index (κ3) is 22.4. The number of rotatable bonds is 20. The van der Waals surface area contributed by atoms with Gasteiger partial charge in [-0.2, -0.15) is 0 Å². The van der Waals surface area contributed by atoms with Crippen LogP contribution in [0.5, 0.6) is 0 Å². The molecule has 0 aromatic heterocycles. The summed E-state index contributed by atoms with van der Waals surface area (Å²) in [5, 5.41) is 0. The first-order valence-electron chi connectivity index (χ1n) is 14.8. The Labute approximate surface area is 243 Å². The van der Waals surface area contributed by atoms with Crippen LogP contribution in [-0.4, -0.2) is 101 Å². The summed E-state index contributed by atoms with van der Waals surface area (Å²) in [5.41, 5.74) is -1.72. The summed E-state index contributed by atoms with van der Waals surface area (Å²) in [6.45, 7) is 20.8. The Hall–Kier alpha value is -1.30. The number of ether oxygens (including phenoxy) is 8. The lowest BCUT2D eigenvalue weighted by Crippen LogP contribution is -2.44. The molecule has 1 saturated carbocycles. The molecule has 0 bridgehead atoms. The number of hydrogen-bond donors (Lipinski definition) is 0. The smallest absolute Gasteiger partial charge is 0.338 e. The molecule has 1 fully saturated rings. The van der Waals surface area contributed by atoms with Crippen molar-refractivity contribution in [3.63, 3.8) is 0 Å². The van der Waals surface area contributed by atoms with Gasteiger partial charge in [0, 0.05) is 13.2 Å². The monoisotopic (exact) mass is 578 g/mol. The van der Waals surface area contributed by atoms with Crippen molar-refractivity contribution >= 4 is 11.9 Å². The van der Waals surface area contributed by atoms with Gasteiger partial charge in [-0.25, -0.2) is 9.59 Å².